The molecule has 0 radical (unpaired) electrons. The van der Waals surface area contributed by atoms with Crippen molar-refractivity contribution in [1.82, 2.24) is 4.98 Å². The van der Waals surface area contributed by atoms with Crippen molar-refractivity contribution >= 4 is 23.2 Å². The zero-order chi connectivity index (χ0) is 16.4. The van der Waals surface area contributed by atoms with Gasteiger partial charge in [-0.1, -0.05) is 0 Å². The topological polar surface area (TPSA) is 62.3 Å². The summed E-state index contributed by atoms with van der Waals surface area (Å²) < 4.78 is 26.3. The van der Waals surface area contributed by atoms with Gasteiger partial charge in [0, 0.05) is 36.4 Å². The van der Waals surface area contributed by atoms with Crippen molar-refractivity contribution < 1.29 is 18.4 Å². The molecule has 2 amide bonds. The molecule has 1 N–H and O–H groups in total. The molecule has 2 heterocycles. The molecule has 0 aliphatic carbocycles. The number of nitrogens with one attached hydrogen (secondary N) is 1. The maximum atomic E-state index is 13.3. The van der Waals surface area contributed by atoms with Crippen LogP contribution in [0.4, 0.5) is 20.2 Å². The zero-order valence-corrected chi connectivity index (χ0v) is 12.0. The predicted molar refractivity (Wildman–Crippen MR) is 79.7 cm³/mol. The van der Waals surface area contributed by atoms with Crippen molar-refractivity contribution in [2.45, 2.75) is 6.42 Å². The molecule has 1 aromatic heterocycles. The fourth-order valence-corrected chi connectivity index (χ4v) is 2.50. The molecule has 1 aliphatic rings. The van der Waals surface area contributed by atoms with Crippen molar-refractivity contribution in [1.29, 1.82) is 0 Å². The van der Waals surface area contributed by atoms with E-state index in [1.54, 1.807) is 12.1 Å². The third-order valence-corrected chi connectivity index (χ3v) is 3.68. The largest absolute Gasteiger partial charge is 0.325 e. The van der Waals surface area contributed by atoms with Crippen LogP contribution in [-0.2, 0) is 9.59 Å². The van der Waals surface area contributed by atoms with Gasteiger partial charge in [0.05, 0.1) is 0 Å². The monoisotopic (exact) mass is 317 g/mol. The minimum absolute atomic E-state index is 0.244. The van der Waals surface area contributed by atoms with Gasteiger partial charge in [-0.2, -0.15) is 0 Å². The SMILES string of the molecule is O=C(Nc1ccncc1)C1CCN(c2ccc(F)c(F)c2)C1=O. The number of pyridine rings is 1. The van der Waals surface area contributed by atoms with Crippen LogP contribution >= 0.6 is 0 Å². The van der Waals surface area contributed by atoms with Gasteiger partial charge in [-0.15, -0.1) is 0 Å². The van der Waals surface area contributed by atoms with Crippen LogP contribution in [0.3, 0.4) is 0 Å². The molecule has 1 unspecified atom stereocenters. The fraction of sp³-hybridized carbons (Fsp3) is 0.188. The molecule has 1 aliphatic heterocycles. The summed E-state index contributed by atoms with van der Waals surface area (Å²) in [6.45, 7) is 0.276. The molecule has 7 heteroatoms. The smallest absolute Gasteiger partial charge is 0.239 e. The molecule has 23 heavy (non-hydrogen) atoms. The number of anilines is 2. The lowest BCUT2D eigenvalue weighted by molar-refractivity contribution is -0.129. The number of hydrogen-bond donors (Lipinski definition) is 1. The van der Waals surface area contributed by atoms with E-state index in [4.69, 9.17) is 0 Å². The summed E-state index contributed by atoms with van der Waals surface area (Å²) in [5, 5.41) is 2.65. The third kappa shape index (κ3) is 3.03. The van der Waals surface area contributed by atoms with E-state index in [2.05, 4.69) is 10.3 Å². The molecule has 1 aromatic carbocycles. The summed E-state index contributed by atoms with van der Waals surface area (Å²) in [7, 11) is 0. The van der Waals surface area contributed by atoms with Crippen LogP contribution in [0.1, 0.15) is 6.42 Å². The van der Waals surface area contributed by atoms with E-state index in [0.717, 1.165) is 12.1 Å². The Morgan fingerprint density at radius 3 is 2.61 bits per heavy atom. The summed E-state index contributed by atoms with van der Waals surface area (Å²) in [6.07, 6.45) is 3.37. The predicted octanol–water partition coefficient (Wildman–Crippen LogP) is 2.35. The van der Waals surface area contributed by atoms with Crippen LogP contribution in [-0.4, -0.2) is 23.3 Å². The quantitative estimate of drug-likeness (QED) is 0.884. The molecular weight excluding hydrogens is 304 g/mol. The molecule has 1 fully saturated rings. The van der Waals surface area contributed by atoms with Crippen LogP contribution in [0.5, 0.6) is 0 Å². The number of aromatic nitrogens is 1. The second-order valence-corrected chi connectivity index (χ2v) is 5.15. The zero-order valence-electron chi connectivity index (χ0n) is 12.0. The second-order valence-electron chi connectivity index (χ2n) is 5.15. The highest BCUT2D eigenvalue weighted by Crippen LogP contribution is 2.27. The van der Waals surface area contributed by atoms with E-state index in [9.17, 15) is 18.4 Å². The van der Waals surface area contributed by atoms with Crippen molar-refractivity contribution in [3.63, 3.8) is 0 Å². The first-order valence-corrected chi connectivity index (χ1v) is 7.03. The van der Waals surface area contributed by atoms with E-state index < -0.39 is 29.4 Å². The number of hydrogen-bond acceptors (Lipinski definition) is 3. The van der Waals surface area contributed by atoms with E-state index in [-0.39, 0.29) is 12.2 Å². The van der Waals surface area contributed by atoms with Gasteiger partial charge in [0.2, 0.25) is 11.8 Å². The number of carbonyl (C=O) groups excluding carboxylic acids is 2. The second kappa shape index (κ2) is 6.12. The average molecular weight is 317 g/mol. The molecule has 2 aromatic rings. The lowest BCUT2D eigenvalue weighted by atomic mass is 10.1. The van der Waals surface area contributed by atoms with Crippen molar-refractivity contribution in [3.8, 4) is 0 Å². The molecule has 118 valence electrons. The highest BCUT2D eigenvalue weighted by atomic mass is 19.2. The number of carbonyl (C=O) groups is 2. The van der Waals surface area contributed by atoms with E-state index in [0.29, 0.717) is 12.1 Å². The van der Waals surface area contributed by atoms with Gasteiger partial charge in [0.1, 0.15) is 5.92 Å². The molecule has 0 bridgehead atoms. The Morgan fingerprint density at radius 2 is 1.91 bits per heavy atom. The van der Waals surface area contributed by atoms with Crippen LogP contribution in [0.2, 0.25) is 0 Å². The Labute approximate surface area is 130 Å². The number of halogens is 2. The number of amides is 2. The minimum Gasteiger partial charge on any atom is -0.325 e. The Hall–Kier alpha value is -2.83. The summed E-state index contributed by atoms with van der Waals surface area (Å²) in [5.74, 6) is -3.71. The van der Waals surface area contributed by atoms with Crippen molar-refractivity contribution in [2.24, 2.45) is 5.92 Å². The Bertz CT molecular complexity index is 752. The molecule has 0 saturated carbocycles. The molecule has 5 nitrogen and oxygen atoms in total. The van der Waals surface area contributed by atoms with Gasteiger partial charge in [-0.25, -0.2) is 8.78 Å². The van der Waals surface area contributed by atoms with Gasteiger partial charge in [0.15, 0.2) is 11.6 Å². The van der Waals surface area contributed by atoms with E-state index >= 15 is 0 Å². The van der Waals surface area contributed by atoms with Gasteiger partial charge < -0.3 is 10.2 Å². The van der Waals surface area contributed by atoms with Gasteiger partial charge >= 0.3 is 0 Å². The van der Waals surface area contributed by atoms with Gasteiger partial charge in [0.25, 0.3) is 0 Å². The third-order valence-electron chi connectivity index (χ3n) is 3.68. The van der Waals surface area contributed by atoms with Gasteiger partial charge in [-0.05, 0) is 30.7 Å². The summed E-state index contributed by atoms with van der Waals surface area (Å²) in [5.41, 5.74) is 0.789. The fourth-order valence-electron chi connectivity index (χ4n) is 2.50. The van der Waals surface area contributed by atoms with Crippen LogP contribution in [0.25, 0.3) is 0 Å². The highest BCUT2D eigenvalue weighted by molar-refractivity contribution is 6.13. The maximum absolute atomic E-state index is 13.3. The Balaban J connectivity index is 1.73. The highest BCUT2D eigenvalue weighted by Gasteiger charge is 2.37. The number of rotatable bonds is 3. The van der Waals surface area contributed by atoms with Gasteiger partial charge in [-0.3, -0.25) is 14.6 Å². The molecular formula is C16H13F2N3O2. The molecule has 1 saturated heterocycles. The molecule has 0 spiro atoms. The molecule has 3 rings (SSSR count). The lowest BCUT2D eigenvalue weighted by Crippen LogP contribution is -2.33. The summed E-state index contributed by atoms with van der Waals surface area (Å²) in [4.78, 5) is 29.7. The Morgan fingerprint density at radius 1 is 1.17 bits per heavy atom. The summed E-state index contributed by atoms with van der Waals surface area (Å²) >= 11 is 0. The van der Waals surface area contributed by atoms with Crippen molar-refractivity contribution in [2.75, 3.05) is 16.8 Å². The number of nitrogens with zero attached hydrogens (tertiary/aromatic N) is 2. The Kier molecular flexibility index (Phi) is 4.01. The standard InChI is InChI=1S/C16H13F2N3O2/c17-13-2-1-11(9-14(13)18)21-8-5-12(16(21)23)15(22)20-10-3-6-19-7-4-10/h1-4,6-7,9,12H,5,8H2,(H,19,20,22). The van der Waals surface area contributed by atoms with Crippen LogP contribution in [0.15, 0.2) is 42.7 Å². The molecule has 1 atom stereocenters. The van der Waals surface area contributed by atoms with Crippen molar-refractivity contribution in [3.05, 3.63) is 54.4 Å². The average Bonchev–Trinajstić information content (AvgIpc) is 2.93. The number of benzene rings is 1. The lowest BCUT2D eigenvalue weighted by Gasteiger charge is -2.17. The first kappa shape index (κ1) is 15.1. The normalized spacial score (nSPS) is 17.4. The van der Waals surface area contributed by atoms with E-state index in [1.165, 1.54) is 23.4 Å². The maximum Gasteiger partial charge on any atom is 0.239 e. The van der Waals surface area contributed by atoms with Crippen LogP contribution < -0.4 is 10.2 Å². The minimum atomic E-state index is -1.03. The van der Waals surface area contributed by atoms with Crippen LogP contribution in [0, 0.1) is 17.6 Å². The van der Waals surface area contributed by atoms with E-state index in [1.807, 2.05) is 0 Å². The first-order valence-electron chi connectivity index (χ1n) is 7.03. The summed E-state index contributed by atoms with van der Waals surface area (Å²) in [6, 6.07) is 6.47. The first-order chi connectivity index (χ1) is 11.1.